The highest BCUT2D eigenvalue weighted by Gasteiger charge is 2.25. The van der Waals surface area contributed by atoms with Crippen LogP contribution in [0.5, 0.6) is 11.5 Å². The van der Waals surface area contributed by atoms with Gasteiger partial charge in [0.1, 0.15) is 0 Å². The van der Waals surface area contributed by atoms with Crippen molar-refractivity contribution in [2.24, 2.45) is 0 Å². The lowest BCUT2D eigenvalue weighted by Gasteiger charge is -2.09. The van der Waals surface area contributed by atoms with Crippen molar-refractivity contribution in [3.63, 3.8) is 0 Å². The zero-order valence-electron chi connectivity index (χ0n) is 12.5. The molecule has 2 heterocycles. The van der Waals surface area contributed by atoms with Crippen molar-refractivity contribution in [2.45, 2.75) is 26.7 Å². The van der Waals surface area contributed by atoms with Crippen LogP contribution < -0.4 is 17.6 Å². The molecule has 3 rings (SSSR count). The van der Waals surface area contributed by atoms with Crippen molar-refractivity contribution < 1.29 is 19.1 Å². The molecule has 0 saturated heterocycles. The average molecular weight is 402 g/mol. The molecule has 0 spiro atoms. The zero-order chi connectivity index (χ0) is 17.4. The lowest BCUT2D eigenvalue weighted by atomic mass is 10.3. The summed E-state index contributed by atoms with van der Waals surface area (Å²) in [5.74, 6) is -0.523. The average Bonchev–Trinajstić information content (AvgIpc) is 3.12. The Morgan fingerprint density at radius 1 is 0.708 bits per heavy atom. The summed E-state index contributed by atoms with van der Waals surface area (Å²) in [6, 6.07) is 0. The minimum atomic E-state index is -0.465. The first-order valence-electron chi connectivity index (χ1n) is 6.89. The Balaban J connectivity index is 2.40. The minimum absolute atomic E-state index is 0.160. The maximum absolute atomic E-state index is 11.9. The van der Waals surface area contributed by atoms with E-state index in [9.17, 15) is 19.2 Å². The summed E-state index contributed by atoms with van der Waals surface area (Å²) in [5.41, 5.74) is 0. The van der Waals surface area contributed by atoms with Crippen LogP contribution in [-0.4, -0.2) is 11.9 Å². The quantitative estimate of drug-likeness (QED) is 0.490. The van der Waals surface area contributed by atoms with Crippen molar-refractivity contribution in [3.8, 4) is 11.5 Å². The van der Waals surface area contributed by atoms with E-state index in [1.807, 2.05) is 0 Å². The number of hydrogen-bond acceptors (Lipinski definition) is 10. The Morgan fingerprint density at radius 2 is 1.00 bits per heavy atom. The van der Waals surface area contributed by atoms with Gasteiger partial charge in [-0.05, 0) is 0 Å². The lowest BCUT2D eigenvalue weighted by Crippen LogP contribution is -2.07. The van der Waals surface area contributed by atoms with Gasteiger partial charge in [0.15, 0.2) is 11.5 Å². The third-order valence-corrected chi connectivity index (χ3v) is 7.29. The van der Waals surface area contributed by atoms with Crippen LogP contribution in [0.15, 0.2) is 9.59 Å². The fourth-order valence-corrected chi connectivity index (χ4v) is 6.24. The Labute approximate surface area is 150 Å². The van der Waals surface area contributed by atoms with E-state index in [0.29, 0.717) is 18.8 Å². The first kappa shape index (κ1) is 17.2. The van der Waals surface area contributed by atoms with Gasteiger partial charge in [0.05, 0.1) is 18.8 Å². The lowest BCUT2D eigenvalue weighted by molar-refractivity contribution is -0.134. The van der Waals surface area contributed by atoms with Crippen LogP contribution in [0.25, 0.3) is 18.8 Å². The van der Waals surface area contributed by atoms with Gasteiger partial charge in [0.25, 0.3) is 8.11 Å². The van der Waals surface area contributed by atoms with Crippen molar-refractivity contribution in [1.29, 1.82) is 0 Å². The van der Waals surface area contributed by atoms with E-state index in [-0.39, 0.29) is 32.5 Å². The van der Waals surface area contributed by atoms with E-state index >= 15 is 0 Å². The second-order valence-corrected chi connectivity index (χ2v) is 8.99. The standard InChI is InChI=1S/C14H10O6S4/c1-3-5(15)19-7-9-11(23-13(17)21-9)8(20-6(16)4-2)12-10(7)22-14(18)24-12/h3-4H2,1-2H3. The molecule has 0 aliphatic rings. The van der Waals surface area contributed by atoms with E-state index in [2.05, 4.69) is 0 Å². The summed E-state index contributed by atoms with van der Waals surface area (Å²) in [6.45, 7) is 3.31. The van der Waals surface area contributed by atoms with Crippen LogP contribution in [0.4, 0.5) is 0 Å². The number of fused-ring (bicyclic) bond motifs is 2. The molecule has 0 N–H and O–H groups in total. The van der Waals surface area contributed by atoms with Gasteiger partial charge < -0.3 is 9.47 Å². The Morgan fingerprint density at radius 3 is 1.25 bits per heavy atom. The summed E-state index contributed by atoms with van der Waals surface area (Å²) in [5, 5.41) is 0. The highest BCUT2D eigenvalue weighted by atomic mass is 32.2. The van der Waals surface area contributed by atoms with Gasteiger partial charge >= 0.3 is 11.9 Å². The molecule has 126 valence electrons. The van der Waals surface area contributed by atoms with Crippen LogP contribution in [0, 0.1) is 0 Å². The van der Waals surface area contributed by atoms with E-state index in [4.69, 9.17) is 9.47 Å². The van der Waals surface area contributed by atoms with E-state index in [1.54, 1.807) is 13.8 Å². The maximum atomic E-state index is 11.9. The van der Waals surface area contributed by atoms with E-state index in [1.165, 1.54) is 0 Å². The monoisotopic (exact) mass is 402 g/mol. The third kappa shape index (κ3) is 3.02. The summed E-state index contributed by atoms with van der Waals surface area (Å²) in [6.07, 6.45) is 0.321. The number of carbonyl (C=O) groups is 2. The molecule has 1 aromatic carbocycles. The molecule has 2 aromatic heterocycles. The smallest absolute Gasteiger partial charge is 0.310 e. The van der Waals surface area contributed by atoms with Crippen LogP contribution in [0.1, 0.15) is 26.7 Å². The molecule has 0 aliphatic heterocycles. The molecule has 0 atom stereocenters. The fourth-order valence-electron chi connectivity index (χ4n) is 1.92. The summed E-state index contributed by atoms with van der Waals surface area (Å²) < 4.78 is 12.0. The SMILES string of the molecule is CCC(=O)Oc1c2sc(=O)sc2c(OC(=O)CC)c2sc(=O)sc12. The van der Waals surface area contributed by atoms with Gasteiger partial charge in [0.2, 0.25) is 0 Å². The third-order valence-electron chi connectivity index (χ3n) is 2.99. The summed E-state index contributed by atoms with van der Waals surface area (Å²) in [7, 11) is 0. The highest BCUT2D eigenvalue weighted by Crippen LogP contribution is 2.48. The number of carbonyl (C=O) groups excluding carboxylic acids is 2. The molecular weight excluding hydrogens is 392 g/mol. The molecule has 0 fully saturated rings. The predicted octanol–water partition coefficient (Wildman–Crippen LogP) is 3.59. The molecule has 0 unspecified atom stereocenters. The molecule has 0 aliphatic carbocycles. The second kappa shape index (κ2) is 6.71. The maximum Gasteiger partial charge on any atom is 0.310 e. The van der Waals surface area contributed by atoms with E-state index in [0.717, 1.165) is 45.3 Å². The van der Waals surface area contributed by atoms with Gasteiger partial charge in [-0.1, -0.05) is 59.2 Å². The van der Waals surface area contributed by atoms with Crippen molar-refractivity contribution >= 4 is 76.1 Å². The summed E-state index contributed by atoms with van der Waals surface area (Å²) in [4.78, 5) is 47.2. The first-order chi connectivity index (χ1) is 11.4. The second-order valence-electron chi connectivity index (χ2n) is 4.54. The Bertz CT molecular complexity index is 922. The first-order valence-corrected chi connectivity index (χ1v) is 10.2. The molecule has 3 aromatic rings. The van der Waals surface area contributed by atoms with Crippen LogP contribution >= 0.6 is 45.3 Å². The number of ether oxygens (including phenoxy) is 2. The van der Waals surface area contributed by atoms with Gasteiger partial charge in [0, 0.05) is 12.8 Å². The number of rotatable bonds is 4. The number of benzene rings is 1. The molecule has 10 heteroatoms. The largest absolute Gasteiger partial charge is 0.423 e. The molecule has 0 saturated carbocycles. The predicted molar refractivity (Wildman–Crippen MR) is 97.4 cm³/mol. The van der Waals surface area contributed by atoms with Crippen molar-refractivity contribution in [3.05, 3.63) is 17.7 Å². The highest BCUT2D eigenvalue weighted by molar-refractivity contribution is 7.39. The summed E-state index contributed by atoms with van der Waals surface area (Å²) >= 11 is 3.63. The van der Waals surface area contributed by atoms with Gasteiger partial charge in [-0.15, -0.1) is 0 Å². The molecule has 0 radical (unpaired) electrons. The molecule has 0 amide bonds. The van der Waals surface area contributed by atoms with Crippen molar-refractivity contribution in [1.82, 2.24) is 0 Å². The van der Waals surface area contributed by atoms with Gasteiger partial charge in [-0.2, -0.15) is 0 Å². The molecular formula is C14H10O6S4. The Kier molecular flexibility index (Phi) is 4.81. The fraction of sp³-hybridized carbons (Fsp3) is 0.286. The van der Waals surface area contributed by atoms with Gasteiger partial charge in [-0.25, -0.2) is 0 Å². The number of hydrogen-bond donors (Lipinski definition) is 0. The molecule has 24 heavy (non-hydrogen) atoms. The van der Waals surface area contributed by atoms with Crippen LogP contribution in [0.2, 0.25) is 0 Å². The topological polar surface area (TPSA) is 86.7 Å². The Hall–Kier alpha value is -1.62. The van der Waals surface area contributed by atoms with Crippen LogP contribution in [-0.2, 0) is 9.59 Å². The van der Waals surface area contributed by atoms with Crippen molar-refractivity contribution in [2.75, 3.05) is 0 Å². The van der Waals surface area contributed by atoms with Gasteiger partial charge in [-0.3, -0.25) is 19.2 Å². The number of esters is 2. The zero-order valence-corrected chi connectivity index (χ0v) is 15.8. The van der Waals surface area contributed by atoms with E-state index < -0.39 is 11.9 Å². The van der Waals surface area contributed by atoms with Crippen LogP contribution in [0.3, 0.4) is 0 Å². The molecule has 6 nitrogen and oxygen atoms in total. The normalized spacial score (nSPS) is 11.1. The molecule has 0 bridgehead atoms. The minimum Gasteiger partial charge on any atom is -0.423 e.